The van der Waals surface area contributed by atoms with Crippen molar-refractivity contribution in [2.75, 3.05) is 0 Å². The highest BCUT2D eigenvalue weighted by Crippen LogP contribution is 2.16. The lowest BCUT2D eigenvalue weighted by Gasteiger charge is -2.12. The lowest BCUT2D eigenvalue weighted by atomic mass is 10.1. The summed E-state index contributed by atoms with van der Waals surface area (Å²) < 4.78 is 0. The zero-order chi connectivity index (χ0) is 7.28. The molecule has 0 aromatic carbocycles. The molecule has 0 radical (unpaired) electrons. The van der Waals surface area contributed by atoms with E-state index in [0.717, 1.165) is 5.92 Å². The largest absolute Gasteiger partial charge is 0.278 e. The van der Waals surface area contributed by atoms with Crippen LogP contribution in [0, 0.1) is 5.92 Å². The van der Waals surface area contributed by atoms with E-state index in [1.165, 1.54) is 24.8 Å². The van der Waals surface area contributed by atoms with E-state index in [9.17, 15) is 0 Å². The van der Waals surface area contributed by atoms with Gasteiger partial charge in [0, 0.05) is 5.25 Å². The molecule has 0 bridgehead atoms. The minimum atomic E-state index is 0.671. The van der Waals surface area contributed by atoms with Crippen molar-refractivity contribution in [3.63, 3.8) is 0 Å². The zero-order valence-electron chi connectivity index (χ0n) is 6.55. The standard InChI is InChI=1S/C7H17NS/c1-4-7(9-8)5-6(2)3/h6-7H,4-5,8H2,1-3H3. The number of hydrogen-bond acceptors (Lipinski definition) is 2. The third-order valence-electron chi connectivity index (χ3n) is 1.38. The maximum absolute atomic E-state index is 5.45. The fourth-order valence-electron chi connectivity index (χ4n) is 0.844. The average Bonchev–Trinajstić information content (AvgIpc) is 1.82. The van der Waals surface area contributed by atoms with Crippen LogP contribution in [0.15, 0.2) is 0 Å². The third kappa shape index (κ3) is 4.79. The van der Waals surface area contributed by atoms with Crippen molar-refractivity contribution in [1.29, 1.82) is 0 Å². The quantitative estimate of drug-likeness (QED) is 0.618. The van der Waals surface area contributed by atoms with E-state index < -0.39 is 0 Å². The van der Waals surface area contributed by atoms with Crippen LogP contribution in [0.3, 0.4) is 0 Å². The molecule has 1 unspecified atom stereocenters. The summed E-state index contributed by atoms with van der Waals surface area (Å²) in [5.41, 5.74) is 0. The minimum Gasteiger partial charge on any atom is -0.278 e. The van der Waals surface area contributed by atoms with Gasteiger partial charge in [0.05, 0.1) is 0 Å². The van der Waals surface area contributed by atoms with Crippen molar-refractivity contribution < 1.29 is 0 Å². The van der Waals surface area contributed by atoms with E-state index in [1.807, 2.05) is 0 Å². The van der Waals surface area contributed by atoms with Gasteiger partial charge >= 0.3 is 0 Å². The van der Waals surface area contributed by atoms with Gasteiger partial charge in [-0.2, -0.15) is 0 Å². The molecule has 0 heterocycles. The van der Waals surface area contributed by atoms with E-state index >= 15 is 0 Å². The number of rotatable bonds is 4. The first kappa shape index (κ1) is 9.31. The van der Waals surface area contributed by atoms with Crippen molar-refractivity contribution in [2.45, 2.75) is 38.9 Å². The molecule has 0 rings (SSSR count). The summed E-state index contributed by atoms with van der Waals surface area (Å²) in [5, 5.41) is 6.12. The highest BCUT2D eigenvalue weighted by Gasteiger charge is 2.05. The Bertz CT molecular complexity index is 59.9. The maximum atomic E-state index is 5.45. The Morgan fingerprint density at radius 1 is 1.44 bits per heavy atom. The molecule has 0 fully saturated rings. The van der Waals surface area contributed by atoms with Gasteiger partial charge in [0.15, 0.2) is 0 Å². The van der Waals surface area contributed by atoms with Gasteiger partial charge in [0.2, 0.25) is 0 Å². The third-order valence-corrected chi connectivity index (χ3v) is 2.29. The van der Waals surface area contributed by atoms with Crippen molar-refractivity contribution in [2.24, 2.45) is 11.1 Å². The summed E-state index contributed by atoms with van der Waals surface area (Å²) in [7, 11) is 0. The summed E-state index contributed by atoms with van der Waals surface area (Å²) in [6.45, 7) is 6.66. The number of nitrogens with two attached hydrogens (primary N) is 1. The molecule has 0 saturated heterocycles. The van der Waals surface area contributed by atoms with Crippen LogP contribution in [0.2, 0.25) is 0 Å². The highest BCUT2D eigenvalue weighted by atomic mass is 32.2. The molecule has 0 spiro atoms. The molecule has 1 nitrogen and oxygen atoms in total. The van der Waals surface area contributed by atoms with E-state index in [1.54, 1.807) is 0 Å². The van der Waals surface area contributed by atoms with E-state index in [2.05, 4.69) is 20.8 Å². The first-order valence-electron chi connectivity index (χ1n) is 3.56. The Kier molecular flexibility index (Phi) is 5.30. The predicted octanol–water partition coefficient (Wildman–Crippen LogP) is 2.42. The van der Waals surface area contributed by atoms with Crippen LogP contribution in [0.25, 0.3) is 0 Å². The Hall–Kier alpha value is 0.310. The molecule has 2 heteroatoms. The van der Waals surface area contributed by atoms with Crippen LogP contribution in [0.5, 0.6) is 0 Å². The summed E-state index contributed by atoms with van der Waals surface area (Å²) in [4.78, 5) is 0. The van der Waals surface area contributed by atoms with Crippen molar-refractivity contribution in [1.82, 2.24) is 0 Å². The summed E-state index contributed by atoms with van der Waals surface area (Å²) >= 11 is 1.50. The normalized spacial score (nSPS) is 14.3. The topological polar surface area (TPSA) is 26.0 Å². The highest BCUT2D eigenvalue weighted by molar-refractivity contribution is 7.97. The predicted molar refractivity (Wildman–Crippen MR) is 45.3 cm³/mol. The molecule has 0 aromatic rings. The monoisotopic (exact) mass is 147 g/mol. The first-order chi connectivity index (χ1) is 4.20. The van der Waals surface area contributed by atoms with E-state index in [-0.39, 0.29) is 0 Å². The second-order valence-corrected chi connectivity index (χ2v) is 3.73. The molecule has 9 heavy (non-hydrogen) atoms. The Morgan fingerprint density at radius 3 is 2.11 bits per heavy atom. The van der Waals surface area contributed by atoms with Gasteiger partial charge in [-0.05, 0) is 18.8 Å². The molecule has 0 aliphatic carbocycles. The second-order valence-electron chi connectivity index (χ2n) is 2.80. The summed E-state index contributed by atoms with van der Waals surface area (Å²) in [5.74, 6) is 0.783. The Balaban J connectivity index is 3.31. The summed E-state index contributed by atoms with van der Waals surface area (Å²) in [6.07, 6.45) is 2.44. The zero-order valence-corrected chi connectivity index (χ0v) is 7.37. The van der Waals surface area contributed by atoms with Crippen LogP contribution < -0.4 is 5.14 Å². The second kappa shape index (κ2) is 5.12. The van der Waals surface area contributed by atoms with Crippen LogP contribution in [0.4, 0.5) is 0 Å². The van der Waals surface area contributed by atoms with Crippen LogP contribution in [-0.4, -0.2) is 5.25 Å². The molecule has 56 valence electrons. The smallest absolute Gasteiger partial charge is 0.0190 e. The molecule has 1 atom stereocenters. The van der Waals surface area contributed by atoms with Crippen LogP contribution >= 0.6 is 11.9 Å². The van der Waals surface area contributed by atoms with Gasteiger partial charge in [0.1, 0.15) is 0 Å². The minimum absolute atomic E-state index is 0.671. The van der Waals surface area contributed by atoms with Crippen molar-refractivity contribution in [3.8, 4) is 0 Å². The first-order valence-corrected chi connectivity index (χ1v) is 4.50. The van der Waals surface area contributed by atoms with Gasteiger partial charge in [-0.3, -0.25) is 5.14 Å². The molecule has 0 aromatic heterocycles. The molecule has 2 N–H and O–H groups in total. The van der Waals surface area contributed by atoms with E-state index in [4.69, 9.17) is 5.14 Å². The molecular formula is C7H17NS. The van der Waals surface area contributed by atoms with Crippen molar-refractivity contribution >= 4 is 11.9 Å². The Morgan fingerprint density at radius 2 is 2.00 bits per heavy atom. The SMILES string of the molecule is CCC(CC(C)C)SN. The van der Waals surface area contributed by atoms with Crippen molar-refractivity contribution in [3.05, 3.63) is 0 Å². The fourth-order valence-corrected chi connectivity index (χ4v) is 1.53. The molecule has 0 aliphatic heterocycles. The van der Waals surface area contributed by atoms with Gasteiger partial charge in [-0.15, -0.1) is 0 Å². The molecule has 0 saturated carbocycles. The van der Waals surface area contributed by atoms with Gasteiger partial charge in [0.25, 0.3) is 0 Å². The van der Waals surface area contributed by atoms with Crippen LogP contribution in [0.1, 0.15) is 33.6 Å². The van der Waals surface area contributed by atoms with E-state index in [0.29, 0.717) is 5.25 Å². The van der Waals surface area contributed by atoms with Gasteiger partial charge in [-0.1, -0.05) is 32.7 Å². The molecule has 0 aliphatic rings. The maximum Gasteiger partial charge on any atom is 0.0190 e. The Labute approximate surface area is 62.5 Å². The fraction of sp³-hybridized carbons (Fsp3) is 1.00. The summed E-state index contributed by atoms with van der Waals surface area (Å²) in [6, 6.07) is 0. The molecule has 0 amide bonds. The lowest BCUT2D eigenvalue weighted by molar-refractivity contribution is 0.560. The average molecular weight is 147 g/mol. The number of hydrogen-bond donors (Lipinski definition) is 1. The van der Waals surface area contributed by atoms with Gasteiger partial charge < -0.3 is 0 Å². The molecular weight excluding hydrogens is 130 g/mol. The van der Waals surface area contributed by atoms with Crippen LogP contribution in [-0.2, 0) is 0 Å². The van der Waals surface area contributed by atoms with Gasteiger partial charge in [-0.25, -0.2) is 0 Å². The lowest BCUT2D eigenvalue weighted by Crippen LogP contribution is -2.07.